The minimum atomic E-state index is -0.894. The topological polar surface area (TPSA) is 114 Å². The highest BCUT2D eigenvalue weighted by molar-refractivity contribution is 5.95. The molecule has 0 fully saturated rings. The molecule has 9 heteroatoms. The quantitative estimate of drug-likeness (QED) is 0.186. The van der Waals surface area contributed by atoms with E-state index in [9.17, 15) is 14.9 Å². The molecular formula is C21H11N3O6. The summed E-state index contributed by atoms with van der Waals surface area (Å²) < 4.78 is 17.0. The molecule has 146 valence electrons. The number of hydrogen-bond acceptors (Lipinski definition) is 8. The SMILES string of the molecule is O=C(Oc1cccc2c1Oc1nc3ccccc3nc1O2)c1ccccc1[N+](=O)[O-]. The number of nitrogens with zero attached hydrogens (tertiary/aromatic N) is 3. The monoisotopic (exact) mass is 401 g/mol. The van der Waals surface area contributed by atoms with Gasteiger partial charge < -0.3 is 14.2 Å². The number of fused-ring (bicyclic) bond motifs is 3. The highest BCUT2D eigenvalue weighted by Gasteiger charge is 2.28. The van der Waals surface area contributed by atoms with Crippen molar-refractivity contribution in [2.75, 3.05) is 0 Å². The van der Waals surface area contributed by atoms with Gasteiger partial charge in [-0.15, -0.1) is 0 Å². The molecule has 1 aromatic heterocycles. The van der Waals surface area contributed by atoms with E-state index in [4.69, 9.17) is 14.2 Å². The zero-order valence-electron chi connectivity index (χ0n) is 15.1. The Bertz CT molecular complexity index is 1340. The molecule has 0 amide bonds. The van der Waals surface area contributed by atoms with Gasteiger partial charge in [0, 0.05) is 6.07 Å². The van der Waals surface area contributed by atoms with E-state index >= 15 is 0 Å². The van der Waals surface area contributed by atoms with E-state index in [-0.39, 0.29) is 40.3 Å². The molecule has 3 aromatic carbocycles. The maximum absolute atomic E-state index is 12.6. The molecule has 0 radical (unpaired) electrons. The number of nitro groups is 1. The van der Waals surface area contributed by atoms with Crippen molar-refractivity contribution in [2.45, 2.75) is 0 Å². The van der Waals surface area contributed by atoms with Crippen LogP contribution in [0.15, 0.2) is 66.7 Å². The lowest BCUT2D eigenvalue weighted by Crippen LogP contribution is -2.12. The van der Waals surface area contributed by atoms with Crippen LogP contribution in [-0.2, 0) is 0 Å². The summed E-state index contributed by atoms with van der Waals surface area (Å²) in [5, 5.41) is 11.2. The summed E-state index contributed by atoms with van der Waals surface area (Å²) >= 11 is 0. The minimum absolute atomic E-state index is 0.0382. The van der Waals surface area contributed by atoms with Crippen molar-refractivity contribution in [1.82, 2.24) is 9.97 Å². The molecule has 4 aromatic rings. The average Bonchev–Trinajstić information content (AvgIpc) is 2.76. The van der Waals surface area contributed by atoms with Gasteiger partial charge in [-0.05, 0) is 30.3 Å². The summed E-state index contributed by atoms with van der Waals surface area (Å²) in [5.74, 6) is -0.147. The highest BCUT2D eigenvalue weighted by Crippen LogP contribution is 2.48. The molecule has 0 saturated carbocycles. The number of nitro benzene ring substituents is 1. The smallest absolute Gasteiger partial charge is 0.350 e. The van der Waals surface area contributed by atoms with E-state index in [1.807, 2.05) is 12.1 Å². The molecule has 0 aliphatic carbocycles. The van der Waals surface area contributed by atoms with Crippen LogP contribution in [-0.4, -0.2) is 20.9 Å². The second-order valence-corrected chi connectivity index (χ2v) is 6.27. The summed E-state index contributed by atoms with van der Waals surface area (Å²) in [6.07, 6.45) is 0. The fraction of sp³-hybridized carbons (Fsp3) is 0. The van der Waals surface area contributed by atoms with Crippen LogP contribution in [0.5, 0.6) is 29.0 Å². The number of esters is 1. The summed E-state index contributed by atoms with van der Waals surface area (Å²) in [6, 6.07) is 17.5. The van der Waals surface area contributed by atoms with Gasteiger partial charge in [-0.25, -0.2) is 14.8 Å². The molecule has 2 heterocycles. The molecule has 30 heavy (non-hydrogen) atoms. The molecule has 9 nitrogen and oxygen atoms in total. The first-order valence-electron chi connectivity index (χ1n) is 8.81. The number of benzene rings is 3. The van der Waals surface area contributed by atoms with Crippen molar-refractivity contribution >= 4 is 22.7 Å². The minimum Gasteiger partial charge on any atom is -0.431 e. The Labute approximate surface area is 168 Å². The van der Waals surface area contributed by atoms with Crippen LogP contribution in [0.3, 0.4) is 0 Å². The Morgan fingerprint density at radius 1 is 0.867 bits per heavy atom. The Morgan fingerprint density at radius 3 is 2.27 bits per heavy atom. The zero-order chi connectivity index (χ0) is 20.7. The van der Waals surface area contributed by atoms with Crippen LogP contribution in [0.1, 0.15) is 10.4 Å². The molecule has 0 bridgehead atoms. The van der Waals surface area contributed by atoms with E-state index in [1.54, 1.807) is 24.3 Å². The second-order valence-electron chi connectivity index (χ2n) is 6.27. The zero-order valence-corrected chi connectivity index (χ0v) is 15.1. The van der Waals surface area contributed by atoms with Gasteiger partial charge in [0.1, 0.15) is 5.56 Å². The normalized spacial score (nSPS) is 11.6. The van der Waals surface area contributed by atoms with Gasteiger partial charge in [0.15, 0.2) is 11.5 Å². The maximum Gasteiger partial charge on any atom is 0.350 e. The second kappa shape index (κ2) is 6.82. The number of aromatic nitrogens is 2. The van der Waals surface area contributed by atoms with Gasteiger partial charge >= 0.3 is 5.97 Å². The first-order valence-corrected chi connectivity index (χ1v) is 8.81. The molecule has 0 spiro atoms. The number of rotatable bonds is 3. The standard InChI is InChI=1S/C21H11N3O6/c25-21(12-6-1-4-9-15(12)24(26)27)29-17-11-5-10-16-18(17)30-20-19(28-16)22-13-7-2-3-8-14(13)23-20/h1-11H. The van der Waals surface area contributed by atoms with Gasteiger partial charge in [-0.3, -0.25) is 10.1 Å². The Hall–Kier alpha value is -4.53. The van der Waals surface area contributed by atoms with Gasteiger partial charge in [-0.1, -0.05) is 30.3 Å². The van der Waals surface area contributed by atoms with E-state index in [1.165, 1.54) is 30.3 Å². The van der Waals surface area contributed by atoms with Gasteiger partial charge in [0.25, 0.3) is 17.4 Å². The fourth-order valence-electron chi connectivity index (χ4n) is 3.02. The van der Waals surface area contributed by atoms with Gasteiger partial charge in [0.2, 0.25) is 5.75 Å². The number of ether oxygens (including phenoxy) is 3. The van der Waals surface area contributed by atoms with Crippen LogP contribution >= 0.6 is 0 Å². The van der Waals surface area contributed by atoms with Crippen molar-refractivity contribution < 1.29 is 23.9 Å². The molecule has 5 rings (SSSR count). The lowest BCUT2D eigenvalue weighted by Gasteiger charge is -2.20. The van der Waals surface area contributed by atoms with Crippen molar-refractivity contribution in [2.24, 2.45) is 0 Å². The third-order valence-corrected chi connectivity index (χ3v) is 4.38. The van der Waals surface area contributed by atoms with Crippen LogP contribution in [0.25, 0.3) is 11.0 Å². The summed E-state index contributed by atoms with van der Waals surface area (Å²) in [5.41, 5.74) is 0.718. The lowest BCUT2D eigenvalue weighted by molar-refractivity contribution is -0.385. The van der Waals surface area contributed by atoms with E-state index in [2.05, 4.69) is 9.97 Å². The number of carbonyl (C=O) groups is 1. The Balaban J connectivity index is 1.50. The highest BCUT2D eigenvalue weighted by atomic mass is 16.6. The van der Waals surface area contributed by atoms with Crippen molar-refractivity contribution in [3.05, 3.63) is 82.4 Å². The number of carbonyl (C=O) groups excluding carboxylic acids is 1. The number of para-hydroxylation sites is 4. The van der Waals surface area contributed by atoms with Crippen LogP contribution in [0, 0.1) is 10.1 Å². The van der Waals surface area contributed by atoms with Crippen molar-refractivity contribution in [3.63, 3.8) is 0 Å². The predicted octanol–water partition coefficient (Wildman–Crippen LogP) is 4.66. The van der Waals surface area contributed by atoms with Crippen LogP contribution in [0.4, 0.5) is 5.69 Å². The molecule has 1 aliphatic rings. The van der Waals surface area contributed by atoms with Crippen molar-refractivity contribution in [1.29, 1.82) is 0 Å². The molecule has 0 atom stereocenters. The maximum atomic E-state index is 12.6. The van der Waals surface area contributed by atoms with E-state index in [0.29, 0.717) is 11.0 Å². The largest absolute Gasteiger partial charge is 0.431 e. The average molecular weight is 401 g/mol. The van der Waals surface area contributed by atoms with Gasteiger partial charge in [-0.2, -0.15) is 0 Å². The van der Waals surface area contributed by atoms with E-state index in [0.717, 1.165) is 0 Å². The third-order valence-electron chi connectivity index (χ3n) is 4.38. The Morgan fingerprint density at radius 2 is 1.53 bits per heavy atom. The van der Waals surface area contributed by atoms with E-state index < -0.39 is 10.9 Å². The number of hydrogen-bond donors (Lipinski definition) is 0. The summed E-state index contributed by atoms with van der Waals surface area (Å²) in [7, 11) is 0. The third kappa shape index (κ3) is 2.94. The van der Waals surface area contributed by atoms with Crippen LogP contribution < -0.4 is 14.2 Å². The molecular weight excluding hydrogens is 390 g/mol. The molecule has 1 aliphatic heterocycles. The fourth-order valence-corrected chi connectivity index (χ4v) is 3.02. The Kier molecular flexibility index (Phi) is 3.99. The molecule has 0 saturated heterocycles. The van der Waals surface area contributed by atoms with Gasteiger partial charge in [0.05, 0.1) is 16.0 Å². The predicted molar refractivity (Wildman–Crippen MR) is 104 cm³/mol. The van der Waals surface area contributed by atoms with Crippen LogP contribution in [0.2, 0.25) is 0 Å². The first kappa shape index (κ1) is 17.6. The van der Waals surface area contributed by atoms with Crippen molar-refractivity contribution in [3.8, 4) is 29.0 Å². The lowest BCUT2D eigenvalue weighted by atomic mass is 10.2. The molecule has 0 unspecified atom stereocenters. The summed E-state index contributed by atoms with van der Waals surface area (Å²) in [6.45, 7) is 0. The first-order chi connectivity index (χ1) is 14.6. The summed E-state index contributed by atoms with van der Waals surface area (Å²) in [4.78, 5) is 31.9. The molecule has 0 N–H and O–H groups in total.